The van der Waals surface area contributed by atoms with E-state index < -0.39 is 18.2 Å². The molecule has 2 amide bonds. The number of amides is 2. The molecule has 0 spiro atoms. The lowest BCUT2D eigenvalue weighted by molar-refractivity contribution is 0.0596. The summed E-state index contributed by atoms with van der Waals surface area (Å²) in [6.07, 6.45) is 4.11. The van der Waals surface area contributed by atoms with E-state index in [0.29, 0.717) is 5.76 Å². The third-order valence-electron chi connectivity index (χ3n) is 5.66. The Morgan fingerprint density at radius 2 is 1.51 bits per heavy atom. The Morgan fingerprint density at radius 1 is 0.886 bits per heavy atom. The molecule has 2 aromatic carbocycles. The molecule has 7 heteroatoms. The van der Waals surface area contributed by atoms with Crippen LogP contribution in [-0.4, -0.2) is 36.5 Å². The predicted molar refractivity (Wildman–Crippen MR) is 132 cm³/mol. The van der Waals surface area contributed by atoms with Crippen molar-refractivity contribution in [2.75, 3.05) is 13.2 Å². The molecular weight excluding hydrogens is 444 g/mol. The summed E-state index contributed by atoms with van der Waals surface area (Å²) in [5.74, 6) is 0.287. The first kappa shape index (κ1) is 23.9. The highest BCUT2D eigenvalue weighted by Crippen LogP contribution is 2.41. The van der Waals surface area contributed by atoms with Crippen LogP contribution in [0.2, 0.25) is 0 Å². The Kier molecular flexibility index (Phi) is 7.67. The number of furan rings is 1. The first-order valence-corrected chi connectivity index (χ1v) is 11.6. The lowest BCUT2D eigenvalue weighted by atomic mass is 9.88. The van der Waals surface area contributed by atoms with Gasteiger partial charge in [0.2, 0.25) is 0 Å². The molecule has 2 atom stereocenters. The van der Waals surface area contributed by atoms with E-state index >= 15 is 0 Å². The van der Waals surface area contributed by atoms with E-state index in [1.165, 1.54) is 5.01 Å². The van der Waals surface area contributed by atoms with Gasteiger partial charge in [-0.2, -0.15) is 0 Å². The van der Waals surface area contributed by atoms with Crippen molar-refractivity contribution >= 4 is 17.8 Å². The van der Waals surface area contributed by atoms with E-state index in [9.17, 15) is 9.59 Å². The molecule has 0 radical (unpaired) electrons. The molecule has 1 heterocycles. The van der Waals surface area contributed by atoms with Crippen LogP contribution in [0.25, 0.3) is 5.57 Å². The van der Waals surface area contributed by atoms with Crippen LogP contribution < -0.4 is 5.43 Å². The molecular formula is C28H28N2O5. The molecule has 1 aliphatic carbocycles. The van der Waals surface area contributed by atoms with Gasteiger partial charge in [0.25, 0.3) is 0 Å². The number of carbonyl (C=O) groups is 2. The Labute approximate surface area is 204 Å². The third-order valence-corrected chi connectivity index (χ3v) is 5.66. The highest BCUT2D eigenvalue weighted by atomic mass is 16.6. The van der Waals surface area contributed by atoms with E-state index in [1.807, 2.05) is 78.9 Å². The fourth-order valence-corrected chi connectivity index (χ4v) is 4.26. The highest BCUT2D eigenvalue weighted by molar-refractivity contribution is 5.86. The topological polar surface area (TPSA) is 81.0 Å². The smallest absolute Gasteiger partial charge is 0.429 e. The molecule has 0 fully saturated rings. The molecule has 1 N–H and O–H groups in total. The van der Waals surface area contributed by atoms with Crippen molar-refractivity contribution in [1.29, 1.82) is 0 Å². The Hall–Kier alpha value is -4.26. The second-order valence-electron chi connectivity index (χ2n) is 7.81. The number of nitrogens with one attached hydrogen (secondary N) is 1. The second-order valence-corrected chi connectivity index (χ2v) is 7.81. The van der Waals surface area contributed by atoms with E-state index in [2.05, 4.69) is 5.43 Å². The molecule has 0 saturated heterocycles. The zero-order valence-electron chi connectivity index (χ0n) is 19.7. The minimum Gasteiger partial charge on any atom is -0.469 e. The van der Waals surface area contributed by atoms with Gasteiger partial charge >= 0.3 is 12.2 Å². The van der Waals surface area contributed by atoms with Gasteiger partial charge in [0.05, 0.1) is 31.4 Å². The van der Waals surface area contributed by atoms with Crippen LogP contribution in [0.15, 0.2) is 101 Å². The summed E-state index contributed by atoms with van der Waals surface area (Å²) in [5.41, 5.74) is 6.32. The van der Waals surface area contributed by atoms with Gasteiger partial charge in [-0.3, -0.25) is 0 Å². The van der Waals surface area contributed by atoms with Crippen molar-refractivity contribution in [2.45, 2.75) is 25.8 Å². The van der Waals surface area contributed by atoms with Crippen molar-refractivity contribution in [1.82, 2.24) is 10.4 Å². The monoisotopic (exact) mass is 472 g/mol. The number of hydrogen-bond acceptors (Lipinski definition) is 5. The molecule has 0 bridgehead atoms. The van der Waals surface area contributed by atoms with E-state index in [0.717, 1.165) is 22.3 Å². The van der Waals surface area contributed by atoms with Gasteiger partial charge in [0.15, 0.2) is 0 Å². The molecule has 0 saturated carbocycles. The maximum atomic E-state index is 13.2. The third kappa shape index (κ3) is 5.30. The molecule has 0 unspecified atom stereocenters. The number of carbonyl (C=O) groups excluding carboxylic acids is 2. The molecule has 180 valence electrons. The van der Waals surface area contributed by atoms with Crippen LogP contribution in [0.5, 0.6) is 0 Å². The van der Waals surface area contributed by atoms with Gasteiger partial charge in [-0.1, -0.05) is 72.8 Å². The zero-order valence-corrected chi connectivity index (χ0v) is 19.7. The Balaban J connectivity index is 1.92. The van der Waals surface area contributed by atoms with Crippen molar-refractivity contribution in [3.05, 3.63) is 114 Å². The molecule has 1 aromatic heterocycles. The molecule has 3 aromatic rings. The normalized spacial score (nSPS) is 16.6. The van der Waals surface area contributed by atoms with Crippen molar-refractivity contribution in [3.8, 4) is 0 Å². The van der Waals surface area contributed by atoms with Crippen LogP contribution >= 0.6 is 0 Å². The standard InChI is InChI=1S/C28H28N2O5/c1-3-33-27(31)29-30(28(32)34-4-2)26-22(24-16-11-19-35-24)17-18-23(26)25(20-12-7-5-8-13-20)21-14-9-6-10-15-21/h5-19,22,26H,3-4H2,1-2H3,(H,29,31)/t22-,26-/m1/s1. The van der Waals surface area contributed by atoms with Crippen LogP contribution in [0, 0.1) is 0 Å². The van der Waals surface area contributed by atoms with Gasteiger partial charge in [0, 0.05) is 0 Å². The van der Waals surface area contributed by atoms with Crippen LogP contribution in [0.4, 0.5) is 9.59 Å². The summed E-state index contributed by atoms with van der Waals surface area (Å²) in [6.45, 7) is 3.72. The molecule has 1 aliphatic rings. The van der Waals surface area contributed by atoms with E-state index in [-0.39, 0.29) is 19.1 Å². The van der Waals surface area contributed by atoms with Gasteiger partial charge < -0.3 is 13.9 Å². The van der Waals surface area contributed by atoms with Gasteiger partial charge in [-0.05, 0) is 48.3 Å². The van der Waals surface area contributed by atoms with Crippen LogP contribution in [0.1, 0.15) is 36.7 Å². The summed E-state index contributed by atoms with van der Waals surface area (Å²) < 4.78 is 16.2. The van der Waals surface area contributed by atoms with Crippen molar-refractivity contribution < 1.29 is 23.5 Å². The largest absolute Gasteiger partial charge is 0.469 e. The number of ether oxygens (including phenoxy) is 2. The van der Waals surface area contributed by atoms with E-state index in [4.69, 9.17) is 13.9 Å². The Bertz CT molecular complexity index is 1150. The predicted octanol–water partition coefficient (Wildman–Crippen LogP) is 5.92. The average molecular weight is 473 g/mol. The number of hydrogen-bond donors (Lipinski definition) is 1. The minimum absolute atomic E-state index is 0.148. The van der Waals surface area contributed by atoms with Gasteiger partial charge in [0.1, 0.15) is 5.76 Å². The summed E-state index contributed by atoms with van der Waals surface area (Å²) in [6, 6.07) is 22.9. The zero-order chi connectivity index (χ0) is 24.6. The second kappa shape index (κ2) is 11.2. The van der Waals surface area contributed by atoms with Crippen molar-refractivity contribution in [2.24, 2.45) is 0 Å². The highest BCUT2D eigenvalue weighted by Gasteiger charge is 2.41. The van der Waals surface area contributed by atoms with Crippen LogP contribution in [0.3, 0.4) is 0 Å². The number of nitrogens with zero attached hydrogens (tertiary/aromatic N) is 1. The maximum Gasteiger partial charge on any atom is 0.429 e. The fraction of sp³-hybridized carbons (Fsp3) is 0.214. The number of benzene rings is 2. The first-order chi connectivity index (χ1) is 17.1. The summed E-state index contributed by atoms with van der Waals surface area (Å²) in [7, 11) is 0. The lowest BCUT2D eigenvalue weighted by Crippen LogP contribution is -2.54. The lowest BCUT2D eigenvalue weighted by Gasteiger charge is -2.33. The van der Waals surface area contributed by atoms with Gasteiger partial charge in [-0.25, -0.2) is 20.0 Å². The summed E-state index contributed by atoms with van der Waals surface area (Å²) in [4.78, 5) is 25.7. The minimum atomic E-state index is -0.744. The molecule has 7 nitrogen and oxygen atoms in total. The van der Waals surface area contributed by atoms with Crippen LogP contribution in [-0.2, 0) is 9.47 Å². The quantitative estimate of drug-likeness (QED) is 0.450. The SMILES string of the molecule is CCOC(=O)NN(C(=O)OCC)[C@H]1C(=C(c2ccccc2)c2ccccc2)C=C[C@@H]1c1ccco1. The average Bonchev–Trinajstić information content (AvgIpc) is 3.55. The fourth-order valence-electron chi connectivity index (χ4n) is 4.26. The number of rotatable bonds is 6. The van der Waals surface area contributed by atoms with Crippen molar-refractivity contribution in [3.63, 3.8) is 0 Å². The number of hydrazine groups is 1. The summed E-state index contributed by atoms with van der Waals surface area (Å²) in [5, 5.41) is 1.20. The molecule has 4 rings (SSSR count). The van der Waals surface area contributed by atoms with E-state index in [1.54, 1.807) is 26.2 Å². The van der Waals surface area contributed by atoms with Gasteiger partial charge in [-0.15, -0.1) is 0 Å². The summed E-state index contributed by atoms with van der Waals surface area (Å²) >= 11 is 0. The molecule has 0 aliphatic heterocycles. The Morgan fingerprint density at radius 3 is 2.06 bits per heavy atom. The molecule has 35 heavy (non-hydrogen) atoms. The maximum absolute atomic E-state index is 13.2. The first-order valence-electron chi connectivity index (χ1n) is 11.6.